The number of benzene rings is 2. The molecule has 7 heterocycles. The molecule has 1 unspecified atom stereocenters. The number of aliphatic carboxylic acids is 4. The maximum Gasteiger partial charge on any atom is 0.407 e. The van der Waals surface area contributed by atoms with Crippen LogP contribution in [-0.2, 0) is 81.7 Å². The predicted octanol–water partition coefficient (Wildman–Crippen LogP) is 0.435. The molecule has 10 N–H and O–H groups in total. The Morgan fingerprint density at radius 1 is 0.518 bits per heavy atom. The number of ether oxygens (including phenoxy) is 3. The second kappa shape index (κ2) is 50.2. The first-order valence-corrected chi connectivity index (χ1v) is 47.1. The fourth-order valence-corrected chi connectivity index (χ4v) is 18.6. The smallest absolute Gasteiger partial charge is 0.407 e. The summed E-state index contributed by atoms with van der Waals surface area (Å²) in [6.45, 7) is -3.87. The molecule has 3 aromatic heterocycles. The van der Waals surface area contributed by atoms with Gasteiger partial charge in [0.15, 0.2) is 0 Å². The number of hydrogen-bond donors (Lipinski definition) is 10. The quantitative estimate of drug-likeness (QED) is 0.0187. The number of alkyl halides is 4. The van der Waals surface area contributed by atoms with Crippen LogP contribution in [0, 0.1) is 40.4 Å². The molecule has 6 aliphatic rings. The van der Waals surface area contributed by atoms with E-state index in [9.17, 15) is 120 Å². The summed E-state index contributed by atoms with van der Waals surface area (Å²) < 4.78 is 75.2. The maximum atomic E-state index is 14.6. The van der Waals surface area contributed by atoms with Crippen molar-refractivity contribution >= 4 is 134 Å². The number of hydrogen-bond acceptors (Lipinski definition) is 30. The van der Waals surface area contributed by atoms with Gasteiger partial charge in [0, 0.05) is 145 Å². The molecule has 0 bridgehead atoms. The number of pyridine rings is 2. The molecule has 1 saturated carbocycles. The first-order valence-electron chi connectivity index (χ1n) is 44.7. The number of alkyl carbamates (subject to hydrolysis) is 1. The molecule has 137 heavy (non-hydrogen) atoms. The lowest BCUT2D eigenvalue weighted by molar-refractivity contribution is -0.157. The van der Waals surface area contributed by atoms with Crippen LogP contribution >= 0.6 is 23.5 Å². The molecule has 0 spiro atoms. The largest absolute Gasteiger partial charge is 0.491 e. The first-order chi connectivity index (χ1) is 65.6. The van der Waals surface area contributed by atoms with Gasteiger partial charge in [0.1, 0.15) is 47.2 Å². The Kier molecular flexibility index (Phi) is 38.4. The summed E-state index contributed by atoms with van der Waals surface area (Å²) in [4.78, 5) is 216. The number of fused-ring (bicyclic) bond motifs is 4. The number of amides is 11. The third-order valence-corrected chi connectivity index (χ3v) is 26.0. The summed E-state index contributed by atoms with van der Waals surface area (Å²) in [5.74, 6) is -15.6. The number of carbonyl (C=O) groups excluding carboxylic acids is 11. The summed E-state index contributed by atoms with van der Waals surface area (Å²) >= 11 is 2.33. The Morgan fingerprint density at radius 3 is 1.42 bits per heavy atom. The van der Waals surface area contributed by atoms with E-state index in [4.69, 9.17) is 14.2 Å². The van der Waals surface area contributed by atoms with Gasteiger partial charge in [0.2, 0.25) is 47.3 Å². The number of rotatable bonds is 44. The van der Waals surface area contributed by atoms with Gasteiger partial charge in [-0.2, -0.15) is 34.0 Å². The summed E-state index contributed by atoms with van der Waals surface area (Å²) in [5.41, 5.74) is 2.26. The van der Waals surface area contributed by atoms with Crippen LogP contribution < -0.4 is 41.4 Å². The van der Waals surface area contributed by atoms with Crippen molar-refractivity contribution in [2.24, 2.45) is 17.8 Å². The van der Waals surface area contributed by atoms with E-state index in [1.54, 1.807) is 68.1 Å². The number of aromatic nitrogens is 5. The monoisotopic (exact) mass is 1950 g/mol. The number of nitriles is 2. The molecule has 5 fully saturated rings. The molecule has 2 aromatic carbocycles. The van der Waals surface area contributed by atoms with Crippen LogP contribution in [0.1, 0.15) is 96.3 Å². The molecule has 5 aromatic rings. The molecule has 11 rings (SSSR count). The zero-order chi connectivity index (χ0) is 98.5. The van der Waals surface area contributed by atoms with Crippen molar-refractivity contribution in [3.63, 3.8) is 0 Å². The molecule has 44 nitrogen and oxygen atoms in total. The van der Waals surface area contributed by atoms with Gasteiger partial charge in [-0.3, -0.25) is 96.7 Å². The average Bonchev–Trinajstić information content (AvgIpc) is 1.62. The van der Waals surface area contributed by atoms with Crippen molar-refractivity contribution in [3.05, 3.63) is 83.4 Å². The number of halogens is 4. The van der Waals surface area contributed by atoms with E-state index < -0.39 is 159 Å². The minimum absolute atomic E-state index is 0.00300. The highest BCUT2D eigenvalue weighted by molar-refractivity contribution is 8.00. The standard InChI is InChI=1S/C87H110F4N22O22S2/c88-86(89)37-55(39-92)111(50-86)72(117)41-100-82(128)61-15-21-97-80-59(61)5-1-7-67(80)133-33-3-19-94-70(115)17-35-136-48-75(120)109-52-108(53-110(54-109)76(121)49-137-36-18-71(116)95-20-4-34-134-68-8-2-6-60-62(16-22-98-81(60)68)83(129)101-42-73(118)112-51-87(90,91)38-56(112)40-93)74(119)43-113-65-12-10-58-57(9-11-64(65)102-103-113)63(58)47-135-85(132)99-24-23-96-69(114)14-13-66(84(130)131)107-31-29-105(45-78(124)125)27-25-104(44-77(122)123)26-28-106(30-32-107)46-79(126)127/h1-2,5-8,15-16,21-22,55-58,63,66H,3-4,9-14,17-20,23-38,41-54H2,(H,94,115)(H,95,116)(H,96,114)(H,99,132)(H,100,128)(H,101,129)(H,122,123)(H,124,125)(H,126,127)(H,130,131)/t55-,56-,57+,58-,63+,66?/m0/s1. The summed E-state index contributed by atoms with van der Waals surface area (Å²) in [5, 5.41) is 83.2. The van der Waals surface area contributed by atoms with Crippen LogP contribution in [0.15, 0.2) is 60.9 Å². The number of nitrogens with zero attached hydrogens (tertiary/aromatic N) is 16. The number of nitrogens with one attached hydrogen (secondary N) is 6. The normalized spacial score (nSPS) is 19.3. The lowest BCUT2D eigenvalue weighted by Crippen LogP contribution is -2.60. The maximum absolute atomic E-state index is 14.6. The fourth-order valence-electron chi connectivity index (χ4n) is 17.0. The van der Waals surface area contributed by atoms with E-state index in [1.807, 2.05) is 0 Å². The molecule has 50 heteroatoms. The van der Waals surface area contributed by atoms with E-state index in [2.05, 4.69) is 52.2 Å². The minimum Gasteiger partial charge on any atom is -0.491 e. The number of aryl methyl sites for hydroxylation is 1. The second-order valence-electron chi connectivity index (χ2n) is 33.8. The minimum atomic E-state index is -3.23. The number of para-hydroxylation sites is 2. The summed E-state index contributed by atoms with van der Waals surface area (Å²) in [6, 6.07) is 12.1. The van der Waals surface area contributed by atoms with E-state index >= 15 is 0 Å². The molecular formula is C87H110F4N22O22S2. The predicted molar refractivity (Wildman–Crippen MR) is 479 cm³/mol. The van der Waals surface area contributed by atoms with Crippen molar-refractivity contribution in [2.45, 2.75) is 114 Å². The van der Waals surface area contributed by atoms with Crippen LogP contribution in [0.4, 0.5) is 22.4 Å². The molecule has 4 saturated heterocycles. The van der Waals surface area contributed by atoms with Gasteiger partial charge in [0.25, 0.3) is 23.7 Å². The van der Waals surface area contributed by atoms with Gasteiger partial charge >= 0.3 is 30.0 Å². The highest BCUT2D eigenvalue weighted by Crippen LogP contribution is 2.53. The molecular weight excluding hydrogens is 1850 g/mol. The van der Waals surface area contributed by atoms with Gasteiger partial charge in [-0.25, -0.2) is 27.0 Å². The molecule has 2 aliphatic carbocycles. The summed E-state index contributed by atoms with van der Waals surface area (Å²) in [7, 11) is 0. The topological polar surface area (TPSA) is 570 Å². The Bertz CT molecular complexity index is 5070. The van der Waals surface area contributed by atoms with Crippen molar-refractivity contribution < 1.29 is 124 Å². The molecule has 4 aliphatic heterocycles. The zero-order valence-electron chi connectivity index (χ0n) is 75.1. The van der Waals surface area contributed by atoms with Gasteiger partial charge in [0.05, 0.1) is 132 Å². The van der Waals surface area contributed by atoms with Crippen molar-refractivity contribution in [3.8, 4) is 23.6 Å². The zero-order valence-corrected chi connectivity index (χ0v) is 76.7. The van der Waals surface area contributed by atoms with E-state index in [-0.39, 0.29) is 221 Å². The van der Waals surface area contributed by atoms with E-state index in [0.29, 0.717) is 83.2 Å². The van der Waals surface area contributed by atoms with Crippen LogP contribution in [-0.4, -0.2) is 396 Å². The number of carboxylic acids is 4. The SMILES string of the molecule is N#C[C@@H]1CC(F)(F)CN1C(=O)CNC(=O)c1ccnc2c(OCCCNC(=O)CCSCC(=O)N3CN(C(=O)CSCCC(=O)NCCCOc4cccc5c(C(=O)NCC(=O)N6CC(F)(F)C[C@H]6C#N)ccnc45)CN(C(=O)Cn4nnc5c4CC[C@H]4[C@@H](CC5)[C@H]4COC(=O)NCCNC(=O)CCC(C(=O)O)N4CCN(CC(=O)O)CCN(CC(=O)O)CCN(CC(=O)O)CC4)C3)cccc12. The van der Waals surface area contributed by atoms with Gasteiger partial charge < -0.3 is 91.0 Å². The van der Waals surface area contributed by atoms with Crippen LogP contribution in [0.25, 0.3) is 21.8 Å². The lowest BCUT2D eigenvalue weighted by atomic mass is 10.0. The van der Waals surface area contributed by atoms with E-state index in [0.717, 1.165) is 33.3 Å². The van der Waals surface area contributed by atoms with Gasteiger partial charge in [-0.1, -0.05) is 29.5 Å². The van der Waals surface area contributed by atoms with Crippen molar-refractivity contribution in [2.75, 3.05) is 187 Å². The molecule has 11 amide bonds. The average molecular weight is 1960 g/mol. The van der Waals surface area contributed by atoms with Crippen LogP contribution in [0.3, 0.4) is 0 Å². The highest BCUT2D eigenvalue weighted by Gasteiger charge is 2.52. The Labute approximate surface area is 791 Å². The Morgan fingerprint density at radius 2 is 0.956 bits per heavy atom. The third-order valence-electron chi connectivity index (χ3n) is 24.1. The number of thioether (sulfide) groups is 2. The molecule has 740 valence electrons. The molecule has 0 radical (unpaired) electrons. The Balaban J connectivity index is 0.622. The van der Waals surface area contributed by atoms with Crippen molar-refractivity contribution in [1.29, 1.82) is 10.5 Å². The van der Waals surface area contributed by atoms with Crippen LogP contribution in [0.5, 0.6) is 11.5 Å². The number of carbonyl (C=O) groups is 15. The number of likely N-dealkylation sites (tertiary alicyclic amines) is 2. The Hall–Kier alpha value is -12.9. The fraction of sp³-hybridized carbons (Fsp3) is 0.575. The first kappa shape index (κ1) is 105. The van der Waals surface area contributed by atoms with Crippen molar-refractivity contribution in [1.82, 2.24) is 101 Å². The van der Waals surface area contributed by atoms with Gasteiger partial charge in [-0.15, -0.1) is 5.10 Å². The second-order valence-corrected chi connectivity index (χ2v) is 36.0. The number of carboxylic acid groups (broad SMARTS) is 4. The van der Waals surface area contributed by atoms with Gasteiger partial charge in [-0.05, 0) is 87.0 Å². The molecule has 6 atom stereocenters. The summed E-state index contributed by atoms with van der Waals surface area (Å²) in [6.07, 6.45) is 2.94. The highest BCUT2D eigenvalue weighted by atomic mass is 32.2. The van der Waals surface area contributed by atoms with E-state index in [1.165, 1.54) is 43.9 Å². The lowest BCUT2D eigenvalue weighted by Gasteiger charge is -2.42. The van der Waals surface area contributed by atoms with Crippen LogP contribution in [0.2, 0.25) is 0 Å². The third kappa shape index (κ3) is 31.1.